The van der Waals surface area contributed by atoms with Gasteiger partial charge in [0, 0.05) is 16.1 Å². The number of ether oxygens (including phenoxy) is 1. The Morgan fingerprint density at radius 2 is 1.86 bits per heavy atom. The highest BCUT2D eigenvalue weighted by molar-refractivity contribution is 9.10. The number of aliphatic hydroxyl groups excluding tert-OH is 4. The molecule has 1 aromatic heterocycles. The van der Waals surface area contributed by atoms with Gasteiger partial charge in [-0.05, 0) is 24.3 Å². The summed E-state index contributed by atoms with van der Waals surface area (Å²) < 4.78 is 8.17. The predicted octanol–water partition coefficient (Wildman–Crippen LogP) is 0.376. The van der Waals surface area contributed by atoms with Crippen LogP contribution in [0.25, 0.3) is 10.9 Å². The molecule has 2 heterocycles. The molecule has 5 atom stereocenters. The Labute approximate surface area is 129 Å². The Balaban J connectivity index is 2.00. The molecule has 0 spiro atoms. The number of rotatable bonds is 2. The van der Waals surface area contributed by atoms with Gasteiger partial charge in [0.1, 0.15) is 24.4 Å². The number of aromatic nitrogens is 1. The Bertz CT molecular complexity index is 643. The first kappa shape index (κ1) is 15.0. The standard InChI is InChI=1S/C14H16BrNO5/c15-8-1-2-9-7(5-8)3-4-16(9)14-13(20)12(19)11(18)10(6-17)21-14/h1-5,10-14,17-20H,6H2/t10-,11-,12+,13-,14-/m1/s1. The van der Waals surface area contributed by atoms with Crippen molar-refractivity contribution >= 4 is 26.8 Å². The number of benzene rings is 1. The van der Waals surface area contributed by atoms with E-state index in [1.54, 1.807) is 10.8 Å². The summed E-state index contributed by atoms with van der Waals surface area (Å²) in [5.74, 6) is 0. The second-order valence-corrected chi connectivity index (χ2v) is 6.06. The number of nitrogens with zero attached hydrogens (tertiary/aromatic N) is 1. The maximum atomic E-state index is 10.2. The molecule has 0 unspecified atom stereocenters. The van der Waals surface area contributed by atoms with E-state index in [1.165, 1.54) is 0 Å². The minimum atomic E-state index is -1.38. The van der Waals surface area contributed by atoms with Crippen LogP contribution in [-0.2, 0) is 4.74 Å². The molecule has 1 aromatic carbocycles. The van der Waals surface area contributed by atoms with Crippen LogP contribution in [0.4, 0.5) is 0 Å². The van der Waals surface area contributed by atoms with Crippen LogP contribution in [0.3, 0.4) is 0 Å². The third kappa shape index (κ3) is 2.50. The third-order valence-electron chi connectivity index (χ3n) is 3.82. The van der Waals surface area contributed by atoms with Crippen LogP contribution >= 0.6 is 15.9 Å². The molecule has 1 saturated heterocycles. The maximum absolute atomic E-state index is 10.2. The summed E-state index contributed by atoms with van der Waals surface area (Å²) in [6, 6.07) is 7.51. The van der Waals surface area contributed by atoms with Gasteiger partial charge >= 0.3 is 0 Å². The number of aliphatic hydroxyl groups is 4. The average molecular weight is 358 g/mol. The highest BCUT2D eigenvalue weighted by atomic mass is 79.9. The van der Waals surface area contributed by atoms with Gasteiger partial charge in [-0.15, -0.1) is 0 Å². The van der Waals surface area contributed by atoms with Crippen molar-refractivity contribution in [3.05, 3.63) is 34.9 Å². The van der Waals surface area contributed by atoms with Crippen LogP contribution in [-0.4, -0.2) is 56.0 Å². The van der Waals surface area contributed by atoms with Crippen LogP contribution < -0.4 is 0 Å². The zero-order valence-corrected chi connectivity index (χ0v) is 12.6. The second-order valence-electron chi connectivity index (χ2n) is 5.15. The van der Waals surface area contributed by atoms with Gasteiger partial charge in [-0.2, -0.15) is 0 Å². The Hall–Kier alpha value is -0.960. The van der Waals surface area contributed by atoms with Crippen molar-refractivity contribution in [1.29, 1.82) is 0 Å². The molecule has 6 nitrogen and oxygen atoms in total. The molecule has 2 aromatic rings. The second kappa shape index (κ2) is 5.68. The van der Waals surface area contributed by atoms with Crippen LogP contribution in [0.2, 0.25) is 0 Å². The van der Waals surface area contributed by atoms with E-state index in [-0.39, 0.29) is 0 Å². The molecular weight excluding hydrogens is 342 g/mol. The smallest absolute Gasteiger partial charge is 0.163 e. The fourth-order valence-electron chi connectivity index (χ4n) is 2.67. The van der Waals surface area contributed by atoms with E-state index in [2.05, 4.69) is 15.9 Å². The first-order chi connectivity index (χ1) is 10.0. The Morgan fingerprint density at radius 1 is 1.10 bits per heavy atom. The molecule has 0 radical (unpaired) electrons. The van der Waals surface area contributed by atoms with Crippen LogP contribution in [0.5, 0.6) is 0 Å². The zero-order chi connectivity index (χ0) is 15.1. The number of halogens is 1. The molecule has 4 N–H and O–H groups in total. The van der Waals surface area contributed by atoms with Gasteiger partial charge in [0.25, 0.3) is 0 Å². The highest BCUT2D eigenvalue weighted by Crippen LogP contribution is 2.32. The lowest BCUT2D eigenvalue weighted by Crippen LogP contribution is -2.56. The molecular formula is C14H16BrNO5. The molecule has 21 heavy (non-hydrogen) atoms. The monoisotopic (exact) mass is 357 g/mol. The van der Waals surface area contributed by atoms with Gasteiger partial charge in [0.15, 0.2) is 6.23 Å². The first-order valence-corrected chi connectivity index (χ1v) is 7.39. The van der Waals surface area contributed by atoms with Gasteiger partial charge in [0.2, 0.25) is 0 Å². The van der Waals surface area contributed by atoms with Gasteiger partial charge < -0.3 is 29.7 Å². The molecule has 7 heteroatoms. The first-order valence-electron chi connectivity index (χ1n) is 6.59. The van der Waals surface area contributed by atoms with Crippen LogP contribution in [0, 0.1) is 0 Å². The lowest BCUT2D eigenvalue weighted by Gasteiger charge is -2.40. The van der Waals surface area contributed by atoms with Crippen molar-refractivity contribution in [2.24, 2.45) is 0 Å². The van der Waals surface area contributed by atoms with E-state index in [9.17, 15) is 20.4 Å². The van der Waals surface area contributed by atoms with E-state index in [0.29, 0.717) is 0 Å². The van der Waals surface area contributed by atoms with Gasteiger partial charge in [-0.25, -0.2) is 0 Å². The van der Waals surface area contributed by atoms with Crippen LogP contribution in [0.1, 0.15) is 6.23 Å². The summed E-state index contributed by atoms with van der Waals surface area (Å²) in [6.07, 6.45) is -4.07. The maximum Gasteiger partial charge on any atom is 0.163 e. The van der Waals surface area contributed by atoms with Gasteiger partial charge in [0.05, 0.1) is 12.1 Å². The van der Waals surface area contributed by atoms with Gasteiger partial charge in [-0.1, -0.05) is 15.9 Å². The number of fused-ring (bicyclic) bond motifs is 1. The lowest BCUT2D eigenvalue weighted by atomic mass is 9.98. The molecule has 0 aliphatic carbocycles. The molecule has 3 rings (SSSR count). The van der Waals surface area contributed by atoms with Crippen molar-refractivity contribution in [3.8, 4) is 0 Å². The molecule has 1 aliphatic heterocycles. The summed E-state index contributed by atoms with van der Waals surface area (Å²) in [5.41, 5.74) is 0.822. The van der Waals surface area contributed by atoms with E-state index < -0.39 is 37.3 Å². The van der Waals surface area contributed by atoms with Crippen molar-refractivity contribution < 1.29 is 25.2 Å². The number of hydrogen-bond acceptors (Lipinski definition) is 5. The Morgan fingerprint density at radius 3 is 2.57 bits per heavy atom. The molecule has 0 saturated carbocycles. The fourth-order valence-corrected chi connectivity index (χ4v) is 3.05. The van der Waals surface area contributed by atoms with Crippen molar-refractivity contribution in [3.63, 3.8) is 0 Å². The third-order valence-corrected chi connectivity index (χ3v) is 4.32. The minimum absolute atomic E-state index is 0.438. The number of hydrogen-bond donors (Lipinski definition) is 4. The summed E-state index contributed by atoms with van der Waals surface area (Å²) >= 11 is 3.39. The van der Waals surface area contributed by atoms with E-state index >= 15 is 0 Å². The summed E-state index contributed by atoms with van der Waals surface area (Å²) in [6.45, 7) is -0.438. The van der Waals surface area contributed by atoms with Crippen molar-refractivity contribution in [2.45, 2.75) is 30.6 Å². The molecule has 1 fully saturated rings. The molecule has 0 bridgehead atoms. The quantitative estimate of drug-likeness (QED) is 0.623. The van der Waals surface area contributed by atoms with Gasteiger partial charge in [-0.3, -0.25) is 0 Å². The Kier molecular flexibility index (Phi) is 4.04. The summed E-state index contributed by atoms with van der Waals surface area (Å²) in [7, 11) is 0. The molecule has 114 valence electrons. The summed E-state index contributed by atoms with van der Waals surface area (Å²) in [4.78, 5) is 0. The molecule has 0 amide bonds. The van der Waals surface area contributed by atoms with E-state index in [0.717, 1.165) is 15.4 Å². The topological polar surface area (TPSA) is 95.1 Å². The largest absolute Gasteiger partial charge is 0.394 e. The fraction of sp³-hybridized carbons (Fsp3) is 0.429. The predicted molar refractivity (Wildman–Crippen MR) is 78.7 cm³/mol. The van der Waals surface area contributed by atoms with E-state index in [1.807, 2.05) is 24.3 Å². The lowest BCUT2D eigenvalue weighted by molar-refractivity contribution is -0.250. The van der Waals surface area contributed by atoms with Crippen molar-refractivity contribution in [2.75, 3.05) is 6.61 Å². The summed E-state index contributed by atoms with van der Waals surface area (Å²) in [5, 5.41) is 40.0. The zero-order valence-electron chi connectivity index (χ0n) is 11.0. The molecule has 1 aliphatic rings. The van der Waals surface area contributed by atoms with E-state index in [4.69, 9.17) is 4.74 Å². The minimum Gasteiger partial charge on any atom is -0.394 e. The van der Waals surface area contributed by atoms with Crippen LogP contribution in [0.15, 0.2) is 34.9 Å². The normalized spacial score (nSPS) is 33.5. The van der Waals surface area contributed by atoms with Crippen molar-refractivity contribution in [1.82, 2.24) is 4.57 Å². The SMILES string of the molecule is OC[C@H]1O[C@@H](n2ccc3cc(Br)ccc32)[C@H](O)[C@@H](O)[C@@H]1O. The highest BCUT2D eigenvalue weighted by Gasteiger charge is 2.44. The average Bonchev–Trinajstić information content (AvgIpc) is 2.88.